The van der Waals surface area contributed by atoms with Gasteiger partial charge in [-0.2, -0.15) is 0 Å². The van der Waals surface area contributed by atoms with E-state index in [0.717, 1.165) is 50.8 Å². The molecule has 4 saturated carbocycles. The number of rotatable bonds is 16. The molecule has 4 aliphatic carbocycles. The van der Waals surface area contributed by atoms with E-state index in [2.05, 4.69) is 65.9 Å². The van der Waals surface area contributed by atoms with Crippen LogP contribution in [0.4, 0.5) is 5.69 Å². The number of ketones is 1. The van der Waals surface area contributed by atoms with Crippen LogP contribution in [-0.2, 0) is 42.9 Å². The van der Waals surface area contributed by atoms with Gasteiger partial charge in [0.05, 0.1) is 11.7 Å². The standard InChI is InChI=1S/C55H85NO10/c1-13-43-48(63-35(5)59)33(3)49(64-36(6)60)50(65-43)66-55(12,24-17-16-18-37(42(61)31-57)28-38-30-56-41-20-15-14-19-39(38)41)40-22-26-54(11)47(40)44(62-34(4)58)29-46-52(9)25-21-32(2)51(7,8)45(52)23-27-53(46,54)10/h14-15,19-20,32-33,37-38,40,43-50,56-57H,13,16-18,21-31H2,1-12H3/t32-,33-,37-,38?,40?,43+,44?,45?,46?,47-,48-,49+,50+,52-,53+,54+,55-/m0/s1. The van der Waals surface area contributed by atoms with Gasteiger partial charge in [-0.15, -0.1) is 0 Å². The summed E-state index contributed by atoms with van der Waals surface area (Å²) >= 11 is 0. The fraction of sp³-hybridized carbons (Fsp3) is 0.818. The number of benzene rings is 1. The van der Waals surface area contributed by atoms with Crippen LogP contribution in [0.2, 0.25) is 0 Å². The highest BCUT2D eigenvalue weighted by molar-refractivity contribution is 5.82. The number of hydrogen-bond donors (Lipinski definition) is 2. The van der Waals surface area contributed by atoms with Crippen molar-refractivity contribution in [2.45, 2.75) is 209 Å². The maximum atomic E-state index is 13.4. The second-order valence-corrected chi connectivity index (χ2v) is 23.7. The Balaban J connectivity index is 1.23. The van der Waals surface area contributed by atoms with Gasteiger partial charge in [0.1, 0.15) is 18.8 Å². The third kappa shape index (κ3) is 9.13. The van der Waals surface area contributed by atoms with Crippen molar-refractivity contribution in [2.75, 3.05) is 18.5 Å². The number of aliphatic hydroxyl groups excluding tert-OH is 1. The number of hydrogen-bond acceptors (Lipinski definition) is 11. The van der Waals surface area contributed by atoms with Crippen molar-refractivity contribution in [1.29, 1.82) is 0 Å². The molecule has 2 N–H and O–H groups in total. The lowest BCUT2D eigenvalue weighted by atomic mass is 9.34. The van der Waals surface area contributed by atoms with Crippen LogP contribution in [0.3, 0.4) is 0 Å². The molecular weight excluding hydrogens is 835 g/mol. The highest BCUT2D eigenvalue weighted by atomic mass is 16.7. The average molecular weight is 920 g/mol. The Bertz CT molecular complexity index is 1940. The van der Waals surface area contributed by atoms with Gasteiger partial charge in [-0.25, -0.2) is 0 Å². The van der Waals surface area contributed by atoms with Crippen LogP contribution >= 0.6 is 0 Å². The lowest BCUT2D eigenvalue weighted by Crippen LogP contribution is -2.66. The summed E-state index contributed by atoms with van der Waals surface area (Å²) in [5.74, 6) is -0.227. The van der Waals surface area contributed by atoms with Gasteiger partial charge < -0.3 is 34.1 Å². The molecule has 0 bridgehead atoms. The molecule has 1 saturated heterocycles. The molecule has 11 heteroatoms. The van der Waals surface area contributed by atoms with Crippen LogP contribution in [0.25, 0.3) is 0 Å². The third-order valence-electron chi connectivity index (χ3n) is 20.0. The number of carbonyl (C=O) groups is 4. The summed E-state index contributed by atoms with van der Waals surface area (Å²) in [6.07, 6.45) is 8.13. The Kier molecular flexibility index (Phi) is 15.0. The first kappa shape index (κ1) is 50.8. The van der Waals surface area contributed by atoms with E-state index in [9.17, 15) is 24.3 Å². The number of esters is 3. The van der Waals surface area contributed by atoms with E-state index in [-0.39, 0.29) is 63.2 Å². The minimum Gasteiger partial charge on any atom is -0.462 e. The molecule has 17 atom stereocenters. The van der Waals surface area contributed by atoms with E-state index in [4.69, 9.17) is 23.7 Å². The van der Waals surface area contributed by atoms with Gasteiger partial charge in [0.15, 0.2) is 18.2 Å². The molecule has 0 amide bonds. The molecule has 66 heavy (non-hydrogen) atoms. The van der Waals surface area contributed by atoms with E-state index >= 15 is 0 Å². The first-order valence-corrected chi connectivity index (χ1v) is 25.9. The number of Topliss-reactive ketones (excluding diaryl/α,β-unsaturated/α-hetero) is 1. The Labute approximate surface area is 396 Å². The SMILES string of the molecule is CC[C@H]1O[C@H](O[C@@](C)(CCCC[C@@H](CC2CNc3ccccc32)C(=O)CO)C2CC[C@]3(C)[C@@H]2C(OC(C)=O)CC2[C@@]4(C)CC[C@H](C)C(C)(C)C4CC[C@]23C)[C@H](OC(C)=O)[C@@H](C)[C@@H]1OC(C)=O. The normalized spacial score (nSPS) is 40.3. The number of fused-ring (bicyclic) bond motifs is 6. The van der Waals surface area contributed by atoms with E-state index in [1.807, 2.05) is 26.0 Å². The van der Waals surface area contributed by atoms with Crippen LogP contribution in [0.1, 0.15) is 178 Å². The van der Waals surface area contributed by atoms with Crippen LogP contribution < -0.4 is 5.32 Å². The molecular formula is C55H85NO10. The van der Waals surface area contributed by atoms with Gasteiger partial charge in [0.2, 0.25) is 0 Å². The van der Waals surface area contributed by atoms with Crippen molar-refractivity contribution in [3.05, 3.63) is 29.8 Å². The van der Waals surface area contributed by atoms with Crippen molar-refractivity contribution in [1.82, 2.24) is 0 Å². The zero-order valence-corrected chi connectivity index (χ0v) is 42.5. The number of carbonyl (C=O) groups excluding carboxylic acids is 4. The maximum Gasteiger partial charge on any atom is 0.303 e. The number of anilines is 1. The number of ether oxygens (including phenoxy) is 5. The van der Waals surface area contributed by atoms with E-state index in [1.54, 1.807) is 6.92 Å². The molecule has 1 aromatic carbocycles. The zero-order chi connectivity index (χ0) is 48.1. The van der Waals surface area contributed by atoms with Crippen LogP contribution in [0, 0.1) is 63.1 Å². The fourth-order valence-corrected chi connectivity index (χ4v) is 16.1. The zero-order valence-electron chi connectivity index (χ0n) is 42.5. The first-order chi connectivity index (χ1) is 31.0. The summed E-state index contributed by atoms with van der Waals surface area (Å²) in [7, 11) is 0. The predicted molar refractivity (Wildman–Crippen MR) is 254 cm³/mol. The molecule has 5 fully saturated rings. The summed E-state index contributed by atoms with van der Waals surface area (Å²) in [6.45, 7) is 25.8. The molecule has 2 heterocycles. The molecule has 7 rings (SSSR count). The number of unbranched alkanes of at least 4 members (excludes halogenated alkanes) is 1. The first-order valence-electron chi connectivity index (χ1n) is 25.9. The number of aliphatic hydroxyl groups is 1. The molecule has 2 aliphatic heterocycles. The highest BCUT2D eigenvalue weighted by Gasteiger charge is 2.72. The lowest BCUT2D eigenvalue weighted by Gasteiger charge is -2.71. The fourth-order valence-electron chi connectivity index (χ4n) is 16.1. The van der Waals surface area contributed by atoms with Crippen LogP contribution in [0.5, 0.6) is 0 Å². The number of nitrogens with one attached hydrogen (secondary N) is 1. The van der Waals surface area contributed by atoms with E-state index in [1.165, 1.54) is 38.7 Å². The molecule has 370 valence electrons. The second-order valence-electron chi connectivity index (χ2n) is 23.7. The van der Waals surface area contributed by atoms with Crippen molar-refractivity contribution >= 4 is 29.4 Å². The summed E-state index contributed by atoms with van der Waals surface area (Å²) < 4.78 is 32.9. The molecule has 6 aliphatic rings. The van der Waals surface area contributed by atoms with Gasteiger partial charge in [0, 0.05) is 56.7 Å². The van der Waals surface area contributed by atoms with Gasteiger partial charge >= 0.3 is 17.9 Å². The summed E-state index contributed by atoms with van der Waals surface area (Å²) in [6, 6.07) is 8.27. The average Bonchev–Trinajstić information content (AvgIpc) is 3.85. The molecule has 1 aromatic rings. The minimum absolute atomic E-state index is 0.00182. The van der Waals surface area contributed by atoms with Crippen molar-refractivity contribution in [3.8, 4) is 0 Å². The van der Waals surface area contributed by atoms with Gasteiger partial charge in [-0.1, -0.05) is 86.4 Å². The Morgan fingerprint density at radius 2 is 1.53 bits per heavy atom. The van der Waals surface area contributed by atoms with Crippen LogP contribution in [0.15, 0.2) is 24.3 Å². The second kappa shape index (κ2) is 19.4. The van der Waals surface area contributed by atoms with Crippen molar-refractivity contribution in [3.63, 3.8) is 0 Å². The quantitative estimate of drug-likeness (QED) is 0.0928. The van der Waals surface area contributed by atoms with Crippen molar-refractivity contribution < 1.29 is 48.0 Å². The Hall–Kier alpha value is -3.02. The Morgan fingerprint density at radius 3 is 2.20 bits per heavy atom. The topological polar surface area (TPSA) is 147 Å². The monoisotopic (exact) mass is 920 g/mol. The summed E-state index contributed by atoms with van der Waals surface area (Å²) in [5.41, 5.74) is 1.65. The highest BCUT2D eigenvalue weighted by Crippen LogP contribution is 2.76. The smallest absolute Gasteiger partial charge is 0.303 e. The third-order valence-corrected chi connectivity index (χ3v) is 20.0. The molecule has 11 nitrogen and oxygen atoms in total. The Morgan fingerprint density at radius 1 is 0.864 bits per heavy atom. The van der Waals surface area contributed by atoms with Gasteiger partial charge in [-0.3, -0.25) is 19.2 Å². The van der Waals surface area contributed by atoms with E-state index < -0.39 is 54.7 Å². The van der Waals surface area contributed by atoms with Gasteiger partial charge in [0.25, 0.3) is 0 Å². The molecule has 0 radical (unpaired) electrons. The largest absolute Gasteiger partial charge is 0.462 e. The maximum absolute atomic E-state index is 13.4. The van der Waals surface area contributed by atoms with E-state index in [0.29, 0.717) is 43.4 Å². The lowest BCUT2D eigenvalue weighted by molar-refractivity contribution is -0.327. The molecule has 0 aromatic heterocycles. The van der Waals surface area contributed by atoms with Crippen molar-refractivity contribution in [2.24, 2.45) is 63.1 Å². The summed E-state index contributed by atoms with van der Waals surface area (Å²) in [5, 5.41) is 13.6. The number of para-hydroxylation sites is 1. The van der Waals surface area contributed by atoms with Gasteiger partial charge in [-0.05, 0) is 135 Å². The molecule has 5 unspecified atom stereocenters. The predicted octanol–water partition coefficient (Wildman–Crippen LogP) is 10.6. The summed E-state index contributed by atoms with van der Waals surface area (Å²) in [4.78, 5) is 51.9. The molecule has 0 spiro atoms. The minimum atomic E-state index is -0.948. The van der Waals surface area contributed by atoms with Crippen LogP contribution in [-0.4, -0.2) is 78.3 Å².